The highest BCUT2D eigenvalue weighted by Crippen LogP contribution is 2.45. The number of methoxy groups -OCH3 is 1. The van der Waals surface area contributed by atoms with Crippen molar-refractivity contribution in [3.8, 4) is 11.5 Å². The number of ketones is 1. The molecule has 2 heterocycles. The van der Waals surface area contributed by atoms with E-state index in [4.69, 9.17) is 9.47 Å². The third kappa shape index (κ3) is 6.07. The molecule has 0 radical (unpaired) electrons. The number of carbonyl (C=O) groups excluding carboxylic acids is 2. The largest absolute Gasteiger partial charge is 0.503 e. The molecule has 4 aromatic rings. The zero-order chi connectivity index (χ0) is 29.6. The Bertz CT molecular complexity index is 1670. The number of hydrogen-bond donors (Lipinski definition) is 1. The van der Waals surface area contributed by atoms with Gasteiger partial charge in [0.25, 0.3) is 5.91 Å². The van der Waals surface area contributed by atoms with E-state index < -0.39 is 23.5 Å². The topological polar surface area (TPSA) is 102 Å². The quantitative estimate of drug-likeness (QED) is 0.117. The minimum Gasteiger partial charge on any atom is -0.503 e. The van der Waals surface area contributed by atoms with Crippen molar-refractivity contribution in [1.82, 2.24) is 10.2 Å². The third-order valence-corrected chi connectivity index (χ3v) is 8.52. The highest BCUT2D eigenvalue weighted by atomic mass is 32.2. The van der Waals surface area contributed by atoms with Gasteiger partial charge in [-0.3, -0.25) is 14.5 Å². The fraction of sp³-hybridized carbons (Fsp3) is 0.161. The predicted octanol–water partition coefficient (Wildman–Crippen LogP) is 6.56. The maximum absolute atomic E-state index is 14.1. The molecule has 0 saturated heterocycles. The predicted molar refractivity (Wildman–Crippen MR) is 160 cm³/mol. The molecule has 1 aliphatic heterocycles. The number of aromatic nitrogens is 2. The zero-order valence-corrected chi connectivity index (χ0v) is 24.3. The maximum atomic E-state index is 14.1. The van der Waals surface area contributed by atoms with Crippen molar-refractivity contribution in [2.24, 2.45) is 0 Å². The summed E-state index contributed by atoms with van der Waals surface area (Å²) in [7, 11) is 1.49. The molecule has 3 aromatic carbocycles. The Morgan fingerprint density at radius 3 is 2.60 bits per heavy atom. The van der Waals surface area contributed by atoms with E-state index >= 15 is 0 Å². The van der Waals surface area contributed by atoms with Crippen LogP contribution in [0.5, 0.6) is 11.5 Å². The molecule has 0 aliphatic carbocycles. The van der Waals surface area contributed by atoms with Crippen LogP contribution >= 0.6 is 23.1 Å². The van der Waals surface area contributed by atoms with Crippen LogP contribution < -0.4 is 14.4 Å². The van der Waals surface area contributed by atoms with E-state index in [0.29, 0.717) is 39.3 Å². The number of ether oxygens (including phenoxy) is 2. The van der Waals surface area contributed by atoms with Crippen molar-refractivity contribution in [3.63, 3.8) is 0 Å². The molecule has 1 unspecified atom stereocenters. The first-order valence-corrected chi connectivity index (χ1v) is 14.8. The molecule has 42 heavy (non-hydrogen) atoms. The number of carbonyl (C=O) groups is 2. The second-order valence-electron chi connectivity index (χ2n) is 9.02. The lowest BCUT2D eigenvalue weighted by Gasteiger charge is -2.24. The van der Waals surface area contributed by atoms with Crippen LogP contribution in [0, 0.1) is 5.82 Å². The molecule has 0 bridgehead atoms. The minimum atomic E-state index is -1.02. The first-order chi connectivity index (χ1) is 20.4. The monoisotopic (exact) mass is 603 g/mol. The number of rotatable bonds is 11. The van der Waals surface area contributed by atoms with Crippen LogP contribution in [0.1, 0.15) is 29.7 Å². The van der Waals surface area contributed by atoms with Crippen molar-refractivity contribution in [2.75, 3.05) is 18.6 Å². The molecule has 11 heteroatoms. The molecule has 1 aliphatic rings. The third-order valence-electron chi connectivity index (χ3n) is 6.41. The van der Waals surface area contributed by atoms with Crippen molar-refractivity contribution in [1.29, 1.82) is 0 Å². The van der Waals surface area contributed by atoms with Crippen molar-refractivity contribution >= 4 is 46.0 Å². The molecular formula is C31H26FN3O5S2. The van der Waals surface area contributed by atoms with Gasteiger partial charge in [-0.2, -0.15) is 0 Å². The average Bonchev–Trinajstić information content (AvgIpc) is 3.58. The summed E-state index contributed by atoms with van der Waals surface area (Å²) in [6.45, 7) is 2.26. The Morgan fingerprint density at radius 1 is 1.10 bits per heavy atom. The van der Waals surface area contributed by atoms with E-state index in [2.05, 4.69) is 10.2 Å². The van der Waals surface area contributed by atoms with E-state index in [0.717, 1.165) is 16.9 Å². The highest BCUT2D eigenvalue weighted by Gasteiger charge is 2.45. The SMILES string of the molecule is CCOc1ccc(C2C(C(=O)C=Cc3ccccc3)=C(O)C(=O)N2c2nnc(SCc3ccccc3F)s2)cc1OC. The number of aliphatic hydroxyl groups excluding tert-OH is 1. The van der Waals surface area contributed by atoms with Gasteiger partial charge < -0.3 is 14.6 Å². The van der Waals surface area contributed by atoms with Gasteiger partial charge in [0.05, 0.1) is 25.3 Å². The van der Waals surface area contributed by atoms with Crippen LogP contribution in [0.3, 0.4) is 0 Å². The fourth-order valence-electron chi connectivity index (χ4n) is 4.44. The summed E-state index contributed by atoms with van der Waals surface area (Å²) in [5, 5.41) is 19.6. The molecule has 214 valence electrons. The average molecular weight is 604 g/mol. The van der Waals surface area contributed by atoms with Crippen LogP contribution in [0.25, 0.3) is 6.08 Å². The Hall–Kier alpha value is -4.48. The summed E-state index contributed by atoms with van der Waals surface area (Å²) in [6.07, 6.45) is 2.94. The summed E-state index contributed by atoms with van der Waals surface area (Å²) in [5.74, 6) is -1.12. The molecule has 1 N–H and O–H groups in total. The van der Waals surface area contributed by atoms with Gasteiger partial charge in [-0.05, 0) is 47.9 Å². The van der Waals surface area contributed by atoms with Crippen LogP contribution in [-0.2, 0) is 15.3 Å². The second kappa shape index (κ2) is 13.0. The molecule has 1 atom stereocenters. The van der Waals surface area contributed by atoms with Gasteiger partial charge in [0, 0.05) is 5.75 Å². The highest BCUT2D eigenvalue weighted by molar-refractivity contribution is 8.00. The van der Waals surface area contributed by atoms with Crippen LogP contribution in [-0.4, -0.2) is 40.7 Å². The summed E-state index contributed by atoms with van der Waals surface area (Å²) >= 11 is 2.37. The molecule has 5 rings (SSSR count). The number of benzene rings is 3. The summed E-state index contributed by atoms with van der Waals surface area (Å²) in [5.41, 5.74) is 1.69. The smallest absolute Gasteiger partial charge is 0.296 e. The van der Waals surface area contributed by atoms with E-state index in [9.17, 15) is 19.1 Å². The molecule has 1 aromatic heterocycles. The Kier molecular flexibility index (Phi) is 8.99. The molecular weight excluding hydrogens is 577 g/mol. The number of allylic oxidation sites excluding steroid dienone is 1. The number of halogens is 1. The van der Waals surface area contributed by atoms with Gasteiger partial charge in [0.1, 0.15) is 5.82 Å². The maximum Gasteiger partial charge on any atom is 0.296 e. The van der Waals surface area contributed by atoms with Crippen molar-refractivity contribution in [3.05, 3.63) is 113 Å². The summed E-state index contributed by atoms with van der Waals surface area (Å²) in [6, 6.07) is 19.7. The normalized spacial score (nSPS) is 15.1. The molecule has 0 spiro atoms. The van der Waals surface area contributed by atoms with Crippen LogP contribution in [0.2, 0.25) is 0 Å². The van der Waals surface area contributed by atoms with Gasteiger partial charge in [-0.1, -0.05) is 83.8 Å². The number of aliphatic hydroxyl groups is 1. The lowest BCUT2D eigenvalue weighted by molar-refractivity contribution is -0.117. The Morgan fingerprint density at radius 2 is 1.86 bits per heavy atom. The van der Waals surface area contributed by atoms with E-state index in [1.165, 1.54) is 35.9 Å². The van der Waals surface area contributed by atoms with Crippen LogP contribution in [0.15, 0.2) is 94.5 Å². The first-order valence-electron chi connectivity index (χ1n) is 13.0. The van der Waals surface area contributed by atoms with Gasteiger partial charge >= 0.3 is 0 Å². The summed E-state index contributed by atoms with van der Waals surface area (Å²) in [4.78, 5) is 28.3. The van der Waals surface area contributed by atoms with Crippen molar-refractivity contribution in [2.45, 2.75) is 23.1 Å². The molecule has 0 fully saturated rings. The fourth-order valence-corrected chi connectivity index (χ4v) is 6.29. The number of nitrogens with zero attached hydrogens (tertiary/aromatic N) is 3. The van der Waals surface area contributed by atoms with Gasteiger partial charge in [-0.15, -0.1) is 10.2 Å². The van der Waals surface area contributed by atoms with Crippen LogP contribution in [0.4, 0.5) is 9.52 Å². The zero-order valence-electron chi connectivity index (χ0n) is 22.7. The van der Waals surface area contributed by atoms with E-state index in [1.807, 2.05) is 37.3 Å². The standard InChI is InChI=1S/C31H26FN3O5S2/c1-3-40-24-16-14-20(17-25(24)39-2)27-26(23(36)15-13-19-9-5-4-6-10-19)28(37)29(38)35(27)30-33-34-31(42-30)41-18-21-11-7-8-12-22(21)32/h4-17,27,37H,3,18H2,1-2H3. The van der Waals surface area contributed by atoms with Gasteiger partial charge in [0.15, 0.2) is 27.4 Å². The number of thioether (sulfide) groups is 1. The van der Waals surface area contributed by atoms with E-state index in [-0.39, 0.29) is 16.5 Å². The number of anilines is 1. The van der Waals surface area contributed by atoms with Crippen molar-refractivity contribution < 1.29 is 28.6 Å². The van der Waals surface area contributed by atoms with Gasteiger partial charge in [-0.25, -0.2) is 4.39 Å². The lowest BCUT2D eigenvalue weighted by atomic mass is 9.95. The van der Waals surface area contributed by atoms with E-state index in [1.54, 1.807) is 42.5 Å². The number of hydrogen-bond acceptors (Lipinski definition) is 9. The Labute approximate surface area is 250 Å². The number of amides is 1. The molecule has 8 nitrogen and oxygen atoms in total. The Balaban J connectivity index is 1.51. The second-order valence-corrected chi connectivity index (χ2v) is 11.2. The minimum absolute atomic E-state index is 0.103. The summed E-state index contributed by atoms with van der Waals surface area (Å²) < 4.78 is 25.8. The molecule has 0 saturated carbocycles. The first kappa shape index (κ1) is 29.0. The van der Waals surface area contributed by atoms with Gasteiger partial charge in [0.2, 0.25) is 5.13 Å². The lowest BCUT2D eigenvalue weighted by Crippen LogP contribution is -2.30. The molecule has 1 amide bonds.